The fourth-order valence-electron chi connectivity index (χ4n) is 0.845. The molecule has 0 bridgehead atoms. The Morgan fingerprint density at radius 3 is 2.93 bits per heavy atom. The quantitative estimate of drug-likeness (QED) is 0.497. The average Bonchev–Trinajstić information content (AvgIpc) is 2.18. The van der Waals surface area contributed by atoms with Gasteiger partial charge in [0.1, 0.15) is 0 Å². The lowest BCUT2D eigenvalue weighted by atomic mass is 10.2. The van der Waals surface area contributed by atoms with Crippen LogP contribution >= 0.6 is 15.9 Å². The molecule has 4 heteroatoms. The summed E-state index contributed by atoms with van der Waals surface area (Å²) in [6.45, 7) is -0.0270. The lowest BCUT2D eigenvalue weighted by Crippen LogP contribution is -2.05. The van der Waals surface area contributed by atoms with Crippen LogP contribution in [0.1, 0.15) is 10.4 Å². The molecule has 0 amide bonds. The van der Waals surface area contributed by atoms with Crippen molar-refractivity contribution in [2.75, 3.05) is 12.3 Å². The number of esters is 1. The molecule has 0 saturated carbocycles. The van der Waals surface area contributed by atoms with E-state index in [9.17, 15) is 4.79 Å². The number of hydrogen-bond donors (Lipinski definition) is 1. The Bertz CT molecular complexity index is 396. The molecule has 0 aliphatic rings. The minimum atomic E-state index is -0.455. The Labute approximate surface area is 90.4 Å². The third-order valence-corrected chi connectivity index (χ3v) is 2.21. The van der Waals surface area contributed by atoms with Gasteiger partial charge in [0.05, 0.1) is 5.56 Å². The van der Waals surface area contributed by atoms with Gasteiger partial charge < -0.3 is 10.5 Å². The van der Waals surface area contributed by atoms with Gasteiger partial charge in [0, 0.05) is 10.2 Å². The van der Waals surface area contributed by atoms with Gasteiger partial charge in [0.15, 0.2) is 6.61 Å². The van der Waals surface area contributed by atoms with Gasteiger partial charge in [-0.2, -0.15) is 0 Å². The molecule has 0 spiro atoms. The van der Waals surface area contributed by atoms with E-state index in [2.05, 4.69) is 21.9 Å². The number of rotatable bonds is 2. The van der Waals surface area contributed by atoms with Crippen LogP contribution in [0.25, 0.3) is 0 Å². The number of carbonyl (C=O) groups excluding carboxylic acids is 1. The number of ether oxygens (including phenoxy) is 1. The summed E-state index contributed by atoms with van der Waals surface area (Å²) in [4.78, 5) is 11.3. The second kappa shape index (κ2) is 4.68. The van der Waals surface area contributed by atoms with Gasteiger partial charge in [-0.05, 0) is 34.1 Å². The monoisotopic (exact) mass is 253 g/mol. The molecule has 0 unspecified atom stereocenters. The fraction of sp³-hybridized carbons (Fsp3) is 0.100. The largest absolute Gasteiger partial charge is 0.449 e. The van der Waals surface area contributed by atoms with E-state index in [0.29, 0.717) is 15.7 Å². The third kappa shape index (κ3) is 2.51. The SMILES string of the molecule is C#CCOC(=O)c1ccc(N)c(Br)c1. The highest BCUT2D eigenvalue weighted by molar-refractivity contribution is 9.10. The van der Waals surface area contributed by atoms with E-state index >= 15 is 0 Å². The van der Waals surface area contributed by atoms with Crippen LogP contribution in [-0.2, 0) is 4.74 Å². The number of halogens is 1. The van der Waals surface area contributed by atoms with Crippen molar-refractivity contribution in [3.05, 3.63) is 28.2 Å². The molecule has 0 fully saturated rings. The Kier molecular flexibility index (Phi) is 3.55. The second-order valence-corrected chi connectivity index (χ2v) is 3.37. The first-order valence-corrected chi connectivity index (χ1v) is 4.60. The Morgan fingerprint density at radius 2 is 2.36 bits per heavy atom. The molecule has 1 aromatic carbocycles. The Hall–Kier alpha value is -1.47. The highest BCUT2D eigenvalue weighted by atomic mass is 79.9. The minimum absolute atomic E-state index is 0.0270. The number of carbonyl (C=O) groups is 1. The van der Waals surface area contributed by atoms with Crippen molar-refractivity contribution in [2.45, 2.75) is 0 Å². The van der Waals surface area contributed by atoms with Gasteiger partial charge in [0.25, 0.3) is 0 Å². The van der Waals surface area contributed by atoms with Crippen LogP contribution in [0, 0.1) is 12.3 Å². The van der Waals surface area contributed by atoms with E-state index in [4.69, 9.17) is 16.9 Å². The maximum atomic E-state index is 11.3. The molecule has 72 valence electrons. The normalized spacial score (nSPS) is 9.14. The minimum Gasteiger partial charge on any atom is -0.449 e. The van der Waals surface area contributed by atoms with E-state index in [-0.39, 0.29) is 6.61 Å². The molecule has 1 aromatic rings. The van der Waals surface area contributed by atoms with Crippen molar-refractivity contribution in [2.24, 2.45) is 0 Å². The Morgan fingerprint density at radius 1 is 1.64 bits per heavy atom. The zero-order valence-electron chi connectivity index (χ0n) is 7.29. The van der Waals surface area contributed by atoms with Crippen LogP contribution in [0.3, 0.4) is 0 Å². The van der Waals surface area contributed by atoms with Gasteiger partial charge >= 0.3 is 5.97 Å². The van der Waals surface area contributed by atoms with E-state index in [1.54, 1.807) is 18.2 Å². The molecular formula is C10H8BrNO2. The van der Waals surface area contributed by atoms with Crippen LogP contribution in [0.4, 0.5) is 5.69 Å². The number of anilines is 1. The van der Waals surface area contributed by atoms with Gasteiger partial charge in [-0.3, -0.25) is 0 Å². The molecule has 0 aliphatic carbocycles. The zero-order valence-corrected chi connectivity index (χ0v) is 8.87. The number of nitrogen functional groups attached to an aromatic ring is 1. The molecule has 0 saturated heterocycles. The summed E-state index contributed by atoms with van der Waals surface area (Å²) in [5.41, 5.74) is 6.54. The van der Waals surface area contributed by atoms with Crippen molar-refractivity contribution < 1.29 is 9.53 Å². The molecule has 1 rings (SSSR count). The number of terminal acetylenes is 1. The molecule has 0 aliphatic heterocycles. The van der Waals surface area contributed by atoms with Crippen LogP contribution in [0.15, 0.2) is 22.7 Å². The number of benzene rings is 1. The highest BCUT2D eigenvalue weighted by Gasteiger charge is 2.07. The summed E-state index contributed by atoms with van der Waals surface area (Å²) in [5, 5.41) is 0. The van der Waals surface area contributed by atoms with Crippen molar-refractivity contribution >= 4 is 27.6 Å². The Balaban J connectivity index is 2.82. The standard InChI is InChI=1S/C10H8BrNO2/c1-2-5-14-10(13)7-3-4-9(12)8(11)6-7/h1,3-4,6H,5,12H2. The first-order valence-electron chi connectivity index (χ1n) is 3.80. The zero-order chi connectivity index (χ0) is 10.6. The van der Waals surface area contributed by atoms with Gasteiger partial charge in [-0.25, -0.2) is 4.79 Å². The predicted molar refractivity (Wildman–Crippen MR) is 57.7 cm³/mol. The van der Waals surface area contributed by atoms with E-state index in [1.807, 2.05) is 0 Å². The van der Waals surface area contributed by atoms with Gasteiger partial charge in [-0.1, -0.05) is 5.92 Å². The summed E-state index contributed by atoms with van der Waals surface area (Å²) in [6.07, 6.45) is 4.95. The molecule has 3 nitrogen and oxygen atoms in total. The van der Waals surface area contributed by atoms with E-state index < -0.39 is 5.97 Å². The van der Waals surface area contributed by atoms with Crippen LogP contribution in [0.5, 0.6) is 0 Å². The molecule has 14 heavy (non-hydrogen) atoms. The molecule has 0 aromatic heterocycles. The summed E-state index contributed by atoms with van der Waals surface area (Å²) in [5.74, 6) is 1.76. The van der Waals surface area contributed by atoms with E-state index in [1.165, 1.54) is 0 Å². The van der Waals surface area contributed by atoms with Crippen LogP contribution in [0.2, 0.25) is 0 Å². The third-order valence-electron chi connectivity index (χ3n) is 1.52. The smallest absolute Gasteiger partial charge is 0.339 e. The van der Waals surface area contributed by atoms with Crippen molar-refractivity contribution in [3.8, 4) is 12.3 Å². The molecule has 2 N–H and O–H groups in total. The molecule has 0 heterocycles. The molecule has 0 atom stereocenters. The fourth-order valence-corrected chi connectivity index (χ4v) is 1.22. The predicted octanol–water partition coefficient (Wildman–Crippen LogP) is 1.82. The summed E-state index contributed by atoms with van der Waals surface area (Å²) < 4.78 is 5.40. The topological polar surface area (TPSA) is 52.3 Å². The lowest BCUT2D eigenvalue weighted by molar-refractivity contribution is 0.0556. The van der Waals surface area contributed by atoms with E-state index in [0.717, 1.165) is 0 Å². The maximum Gasteiger partial charge on any atom is 0.339 e. The summed E-state index contributed by atoms with van der Waals surface area (Å²) >= 11 is 3.21. The first kappa shape index (κ1) is 10.6. The number of hydrogen-bond acceptors (Lipinski definition) is 3. The van der Waals surface area contributed by atoms with Crippen LogP contribution in [-0.4, -0.2) is 12.6 Å². The molecular weight excluding hydrogens is 246 g/mol. The van der Waals surface area contributed by atoms with Crippen LogP contribution < -0.4 is 5.73 Å². The number of nitrogens with two attached hydrogens (primary N) is 1. The highest BCUT2D eigenvalue weighted by Crippen LogP contribution is 2.20. The first-order chi connectivity index (χ1) is 6.65. The molecule has 0 radical (unpaired) electrons. The lowest BCUT2D eigenvalue weighted by Gasteiger charge is -2.02. The van der Waals surface area contributed by atoms with Crippen molar-refractivity contribution in [1.29, 1.82) is 0 Å². The second-order valence-electron chi connectivity index (χ2n) is 2.52. The van der Waals surface area contributed by atoms with Crippen molar-refractivity contribution in [3.63, 3.8) is 0 Å². The van der Waals surface area contributed by atoms with Gasteiger partial charge in [-0.15, -0.1) is 6.42 Å². The van der Waals surface area contributed by atoms with Gasteiger partial charge in [0.2, 0.25) is 0 Å². The summed E-state index contributed by atoms with van der Waals surface area (Å²) in [6, 6.07) is 4.80. The van der Waals surface area contributed by atoms with Crippen molar-refractivity contribution in [1.82, 2.24) is 0 Å². The average molecular weight is 254 g/mol. The summed E-state index contributed by atoms with van der Waals surface area (Å²) in [7, 11) is 0. The maximum absolute atomic E-state index is 11.3.